The van der Waals surface area contributed by atoms with Gasteiger partial charge >= 0.3 is 0 Å². The fraction of sp³-hybridized carbons (Fsp3) is 0.650. The Morgan fingerprint density at radius 2 is 1.93 bits per heavy atom. The van der Waals surface area contributed by atoms with Crippen LogP contribution >= 0.6 is 11.3 Å². The second-order valence-electron chi connectivity index (χ2n) is 7.78. The Morgan fingerprint density at radius 3 is 2.74 bits per heavy atom. The summed E-state index contributed by atoms with van der Waals surface area (Å²) in [5, 5.41) is 1.30. The van der Waals surface area contributed by atoms with Gasteiger partial charge in [0.2, 0.25) is 0 Å². The number of aryl methyl sites for hydroxylation is 2. The first-order valence-corrected chi connectivity index (χ1v) is 11.0. The molecule has 2 aromatic rings. The highest BCUT2D eigenvalue weighted by Crippen LogP contribution is 2.29. The maximum Gasteiger partial charge on any atom is 0.132 e. The molecule has 5 rings (SSSR count). The number of thiazole rings is 1. The van der Waals surface area contributed by atoms with Crippen molar-refractivity contribution in [3.8, 4) is 0 Å². The largest absolute Gasteiger partial charge is 0.381 e. The van der Waals surface area contributed by atoms with Crippen molar-refractivity contribution in [1.29, 1.82) is 0 Å². The normalized spacial score (nSPS) is 21.6. The van der Waals surface area contributed by atoms with Crippen LogP contribution in [0.1, 0.15) is 46.5 Å². The molecule has 0 radical (unpaired) electrons. The summed E-state index contributed by atoms with van der Waals surface area (Å²) >= 11 is 1.93. The number of fused-ring (bicyclic) bond motifs is 1. The van der Waals surface area contributed by atoms with Crippen LogP contribution in [0.5, 0.6) is 0 Å². The molecule has 7 heteroatoms. The van der Waals surface area contributed by atoms with Crippen molar-refractivity contribution in [3.63, 3.8) is 0 Å². The third-order valence-corrected chi connectivity index (χ3v) is 7.15. The third kappa shape index (κ3) is 3.86. The Labute approximate surface area is 164 Å². The summed E-state index contributed by atoms with van der Waals surface area (Å²) in [4.78, 5) is 20.4. The van der Waals surface area contributed by atoms with Crippen molar-refractivity contribution in [3.05, 3.63) is 33.7 Å². The molecule has 0 atom stereocenters. The molecule has 2 aromatic heterocycles. The minimum atomic E-state index is 0.522. The summed E-state index contributed by atoms with van der Waals surface area (Å²) in [5.41, 5.74) is 2.55. The smallest absolute Gasteiger partial charge is 0.132 e. The zero-order valence-corrected chi connectivity index (χ0v) is 16.6. The Bertz CT molecular complexity index is 759. The minimum absolute atomic E-state index is 0.522. The van der Waals surface area contributed by atoms with Crippen LogP contribution in [0.4, 0.5) is 5.82 Å². The third-order valence-electron chi connectivity index (χ3n) is 6.01. The number of hydrogen-bond donors (Lipinski definition) is 0. The lowest BCUT2D eigenvalue weighted by molar-refractivity contribution is 0.0845. The quantitative estimate of drug-likeness (QED) is 0.807. The molecule has 0 saturated carbocycles. The molecule has 6 nitrogen and oxygen atoms in total. The van der Waals surface area contributed by atoms with E-state index in [1.165, 1.54) is 40.5 Å². The van der Waals surface area contributed by atoms with Gasteiger partial charge in [-0.2, -0.15) is 0 Å². The van der Waals surface area contributed by atoms with Crippen molar-refractivity contribution >= 4 is 17.2 Å². The molecule has 0 spiro atoms. The molecule has 2 saturated heterocycles. The Balaban J connectivity index is 1.19. The van der Waals surface area contributed by atoms with Crippen LogP contribution in [0.15, 0.2) is 12.4 Å². The van der Waals surface area contributed by atoms with Crippen molar-refractivity contribution in [1.82, 2.24) is 19.9 Å². The summed E-state index contributed by atoms with van der Waals surface area (Å²) < 4.78 is 5.48. The molecule has 3 aliphatic rings. The van der Waals surface area contributed by atoms with Gasteiger partial charge in [-0.1, -0.05) is 0 Å². The summed E-state index contributed by atoms with van der Waals surface area (Å²) in [5.74, 6) is 1.60. The molecular formula is C20H27N5OS. The minimum Gasteiger partial charge on any atom is -0.381 e. The van der Waals surface area contributed by atoms with Gasteiger partial charge in [0, 0.05) is 61.9 Å². The van der Waals surface area contributed by atoms with Crippen molar-refractivity contribution in [2.45, 2.75) is 44.6 Å². The summed E-state index contributed by atoms with van der Waals surface area (Å²) in [6, 6.07) is 2.21. The van der Waals surface area contributed by atoms with E-state index in [-0.39, 0.29) is 0 Å². The number of nitrogens with zero attached hydrogens (tertiary/aromatic N) is 5. The van der Waals surface area contributed by atoms with E-state index in [2.05, 4.69) is 25.8 Å². The Hall–Kier alpha value is -1.57. The van der Waals surface area contributed by atoms with E-state index < -0.39 is 0 Å². The summed E-state index contributed by atoms with van der Waals surface area (Å²) in [7, 11) is 0. The maximum absolute atomic E-state index is 5.48. The first-order valence-electron chi connectivity index (χ1n) is 10.2. The lowest BCUT2D eigenvalue weighted by Gasteiger charge is -2.35. The number of anilines is 1. The van der Waals surface area contributed by atoms with Crippen LogP contribution in [0, 0.1) is 0 Å². The number of rotatable bonds is 4. The van der Waals surface area contributed by atoms with Crippen molar-refractivity contribution < 1.29 is 4.74 Å². The van der Waals surface area contributed by atoms with Crippen LogP contribution in [0.2, 0.25) is 0 Å². The summed E-state index contributed by atoms with van der Waals surface area (Å²) in [6.45, 7) is 6.89. The lowest BCUT2D eigenvalue weighted by Crippen LogP contribution is -2.46. The SMILES string of the molecule is c1nc(C2CCOCC2)cc(N2CCN(Cc3nc4c(s3)CCC4)CC2)n1. The molecule has 4 heterocycles. The average molecular weight is 386 g/mol. The number of aromatic nitrogens is 3. The standard InChI is InChI=1S/C20H27N5OS/c1-2-16-18(3-1)27-20(23-16)13-24-6-8-25(9-7-24)19-12-17(21-14-22-19)15-4-10-26-11-5-15/h12,14-15H,1-11,13H2. The Kier molecular flexibility index (Phi) is 5.07. The van der Waals surface area contributed by atoms with Gasteiger partial charge < -0.3 is 9.64 Å². The molecule has 0 bridgehead atoms. The van der Waals surface area contributed by atoms with E-state index in [0.29, 0.717) is 5.92 Å². The first kappa shape index (κ1) is 17.5. The van der Waals surface area contributed by atoms with E-state index in [0.717, 1.165) is 64.6 Å². The fourth-order valence-electron chi connectivity index (χ4n) is 4.39. The van der Waals surface area contributed by atoms with E-state index in [9.17, 15) is 0 Å². The average Bonchev–Trinajstić information content (AvgIpc) is 3.31. The molecule has 144 valence electrons. The molecule has 0 amide bonds. The first-order chi connectivity index (χ1) is 13.3. The number of ether oxygens (including phenoxy) is 1. The fourth-order valence-corrected chi connectivity index (χ4v) is 5.59. The number of hydrogen-bond acceptors (Lipinski definition) is 7. The molecule has 0 aromatic carbocycles. The molecular weight excluding hydrogens is 358 g/mol. The predicted octanol–water partition coefficient (Wildman–Crippen LogP) is 2.64. The van der Waals surface area contributed by atoms with Crippen LogP contribution in [0.3, 0.4) is 0 Å². The second kappa shape index (κ2) is 7.81. The van der Waals surface area contributed by atoms with Crippen LogP contribution < -0.4 is 4.90 Å². The highest BCUT2D eigenvalue weighted by Gasteiger charge is 2.23. The van der Waals surface area contributed by atoms with Crippen LogP contribution in [-0.2, 0) is 24.1 Å². The van der Waals surface area contributed by atoms with Gasteiger partial charge in [-0.3, -0.25) is 4.90 Å². The van der Waals surface area contributed by atoms with Gasteiger partial charge in [-0.15, -0.1) is 11.3 Å². The summed E-state index contributed by atoms with van der Waals surface area (Å²) in [6.07, 6.45) is 7.60. The molecule has 0 unspecified atom stereocenters. The Morgan fingerprint density at radius 1 is 1.07 bits per heavy atom. The van der Waals surface area contributed by atoms with Gasteiger partial charge in [0.05, 0.1) is 12.2 Å². The van der Waals surface area contributed by atoms with E-state index in [1.807, 2.05) is 11.3 Å². The zero-order chi connectivity index (χ0) is 18.1. The molecule has 0 N–H and O–H groups in total. The zero-order valence-electron chi connectivity index (χ0n) is 15.8. The van der Waals surface area contributed by atoms with Gasteiger partial charge in [-0.25, -0.2) is 15.0 Å². The van der Waals surface area contributed by atoms with E-state index in [4.69, 9.17) is 9.72 Å². The topological polar surface area (TPSA) is 54.4 Å². The molecule has 2 aliphatic heterocycles. The number of piperazine rings is 1. The van der Waals surface area contributed by atoms with Gasteiger partial charge in [0.15, 0.2) is 0 Å². The maximum atomic E-state index is 5.48. The molecule has 1 aliphatic carbocycles. The van der Waals surface area contributed by atoms with Crippen LogP contribution in [0.25, 0.3) is 0 Å². The second-order valence-corrected chi connectivity index (χ2v) is 8.95. The van der Waals surface area contributed by atoms with E-state index in [1.54, 1.807) is 6.33 Å². The predicted molar refractivity (Wildman–Crippen MR) is 106 cm³/mol. The molecule has 2 fully saturated rings. The highest BCUT2D eigenvalue weighted by atomic mass is 32.1. The van der Waals surface area contributed by atoms with Gasteiger partial charge in [0.1, 0.15) is 17.2 Å². The highest BCUT2D eigenvalue weighted by molar-refractivity contribution is 7.11. The molecule has 27 heavy (non-hydrogen) atoms. The lowest BCUT2D eigenvalue weighted by atomic mass is 9.96. The van der Waals surface area contributed by atoms with E-state index >= 15 is 0 Å². The van der Waals surface area contributed by atoms with Gasteiger partial charge in [0.25, 0.3) is 0 Å². The van der Waals surface area contributed by atoms with Crippen molar-refractivity contribution in [2.75, 3.05) is 44.3 Å². The monoisotopic (exact) mass is 385 g/mol. The van der Waals surface area contributed by atoms with Gasteiger partial charge in [-0.05, 0) is 32.1 Å². The van der Waals surface area contributed by atoms with Crippen LogP contribution in [-0.4, -0.2) is 59.2 Å². The van der Waals surface area contributed by atoms with Crippen molar-refractivity contribution in [2.24, 2.45) is 0 Å².